The highest BCUT2D eigenvalue weighted by Gasteiger charge is 2.48. The Labute approximate surface area is 131 Å². The molecular formula is C19H22N2O. The first kappa shape index (κ1) is 13.9. The summed E-state index contributed by atoms with van der Waals surface area (Å²) in [7, 11) is 0. The number of aromatic nitrogens is 1. The normalized spacial score (nSPS) is 31.3. The highest BCUT2D eigenvalue weighted by atomic mass is 16.3. The molecule has 0 spiro atoms. The maximum atomic E-state index is 11.1. The predicted octanol–water partition coefficient (Wildman–Crippen LogP) is 3.10. The van der Waals surface area contributed by atoms with Crippen molar-refractivity contribution < 1.29 is 5.11 Å². The Hall–Kier alpha value is -1.71. The number of piperidine rings is 1. The average Bonchev–Trinajstić information content (AvgIpc) is 2.81. The van der Waals surface area contributed by atoms with Gasteiger partial charge >= 0.3 is 0 Å². The molecule has 2 bridgehead atoms. The third-order valence-corrected chi connectivity index (χ3v) is 5.27. The molecular weight excluding hydrogens is 272 g/mol. The number of rotatable bonds is 3. The maximum Gasteiger partial charge on any atom is 0.109 e. The van der Waals surface area contributed by atoms with Gasteiger partial charge in [0.15, 0.2) is 0 Å². The second-order valence-corrected chi connectivity index (χ2v) is 6.70. The van der Waals surface area contributed by atoms with Crippen LogP contribution in [0.2, 0.25) is 0 Å². The molecule has 2 aliphatic rings. The molecule has 1 aromatic carbocycles. The van der Waals surface area contributed by atoms with Crippen LogP contribution < -0.4 is 0 Å². The standard InChI is InChI=1S/C19H22N2O/c22-19(18-8-4-5-11-20-18)12-16-9-10-17(13-19)21(16)14-15-6-2-1-3-7-15/h1-8,11,16-17,22H,9-10,12-14H2. The van der Waals surface area contributed by atoms with Gasteiger partial charge in [0.25, 0.3) is 0 Å². The summed E-state index contributed by atoms with van der Waals surface area (Å²) in [5, 5.41) is 11.1. The van der Waals surface area contributed by atoms with Crippen LogP contribution in [0.5, 0.6) is 0 Å². The fraction of sp³-hybridized carbons (Fsp3) is 0.421. The summed E-state index contributed by atoms with van der Waals surface area (Å²) in [5.74, 6) is 0. The molecule has 3 nitrogen and oxygen atoms in total. The Morgan fingerprint density at radius 2 is 1.68 bits per heavy atom. The lowest BCUT2D eigenvalue weighted by molar-refractivity contribution is -0.0623. The molecule has 2 saturated heterocycles. The quantitative estimate of drug-likeness (QED) is 0.945. The van der Waals surface area contributed by atoms with Gasteiger partial charge in [-0.3, -0.25) is 9.88 Å². The predicted molar refractivity (Wildman–Crippen MR) is 86.2 cm³/mol. The Morgan fingerprint density at radius 3 is 2.32 bits per heavy atom. The van der Waals surface area contributed by atoms with Gasteiger partial charge in [-0.1, -0.05) is 36.4 Å². The molecule has 2 atom stereocenters. The van der Waals surface area contributed by atoms with Gasteiger partial charge in [0.05, 0.1) is 5.69 Å². The minimum absolute atomic E-state index is 0.464. The summed E-state index contributed by atoms with van der Waals surface area (Å²) in [4.78, 5) is 7.00. The topological polar surface area (TPSA) is 36.4 Å². The second-order valence-electron chi connectivity index (χ2n) is 6.70. The Bertz CT molecular complexity index is 614. The SMILES string of the molecule is OC1(c2ccccn2)CC2CCC(C1)N2Cc1ccccc1. The van der Waals surface area contributed by atoms with Gasteiger partial charge in [-0.15, -0.1) is 0 Å². The second kappa shape index (κ2) is 5.49. The zero-order chi connectivity index (χ0) is 15.0. The lowest BCUT2D eigenvalue weighted by atomic mass is 9.83. The summed E-state index contributed by atoms with van der Waals surface area (Å²) < 4.78 is 0. The maximum absolute atomic E-state index is 11.1. The third kappa shape index (κ3) is 2.44. The van der Waals surface area contributed by atoms with Crippen molar-refractivity contribution in [1.29, 1.82) is 0 Å². The first-order chi connectivity index (χ1) is 10.7. The summed E-state index contributed by atoms with van der Waals surface area (Å²) in [6.07, 6.45) is 5.76. The largest absolute Gasteiger partial charge is 0.383 e. The highest BCUT2D eigenvalue weighted by Crippen LogP contribution is 2.45. The molecule has 4 rings (SSSR count). The van der Waals surface area contributed by atoms with Crippen LogP contribution >= 0.6 is 0 Å². The minimum Gasteiger partial charge on any atom is -0.383 e. The van der Waals surface area contributed by atoms with E-state index in [2.05, 4.69) is 40.2 Å². The Balaban J connectivity index is 1.55. The molecule has 114 valence electrons. The molecule has 3 heteroatoms. The zero-order valence-corrected chi connectivity index (χ0v) is 12.7. The number of fused-ring (bicyclic) bond motifs is 2. The van der Waals surface area contributed by atoms with Gasteiger partial charge in [0, 0.05) is 24.8 Å². The van der Waals surface area contributed by atoms with E-state index in [-0.39, 0.29) is 0 Å². The molecule has 22 heavy (non-hydrogen) atoms. The fourth-order valence-corrected chi connectivity index (χ4v) is 4.22. The molecule has 1 aromatic heterocycles. The molecule has 0 saturated carbocycles. The Kier molecular flexibility index (Phi) is 3.47. The molecule has 0 radical (unpaired) electrons. The van der Waals surface area contributed by atoms with E-state index in [0.29, 0.717) is 12.1 Å². The number of hydrogen-bond acceptors (Lipinski definition) is 3. The van der Waals surface area contributed by atoms with E-state index in [9.17, 15) is 5.11 Å². The molecule has 2 aromatic rings. The molecule has 2 unspecified atom stereocenters. The van der Waals surface area contributed by atoms with Crippen molar-refractivity contribution >= 4 is 0 Å². The van der Waals surface area contributed by atoms with E-state index in [1.54, 1.807) is 6.20 Å². The molecule has 0 aliphatic carbocycles. The van der Waals surface area contributed by atoms with Gasteiger partial charge in [0.2, 0.25) is 0 Å². The van der Waals surface area contributed by atoms with Crippen LogP contribution in [0.15, 0.2) is 54.7 Å². The third-order valence-electron chi connectivity index (χ3n) is 5.27. The first-order valence-corrected chi connectivity index (χ1v) is 8.18. The van der Waals surface area contributed by atoms with Crippen molar-refractivity contribution in [3.8, 4) is 0 Å². The van der Waals surface area contributed by atoms with Crippen LogP contribution in [-0.4, -0.2) is 27.1 Å². The smallest absolute Gasteiger partial charge is 0.109 e. The number of nitrogens with zero attached hydrogens (tertiary/aromatic N) is 2. The summed E-state index contributed by atoms with van der Waals surface area (Å²) >= 11 is 0. The van der Waals surface area contributed by atoms with Gasteiger partial charge in [-0.05, 0) is 43.4 Å². The van der Waals surface area contributed by atoms with Crippen molar-refractivity contribution in [2.24, 2.45) is 0 Å². The van der Waals surface area contributed by atoms with Crippen LogP contribution in [0.25, 0.3) is 0 Å². The number of hydrogen-bond donors (Lipinski definition) is 1. The van der Waals surface area contributed by atoms with E-state index in [1.165, 1.54) is 18.4 Å². The van der Waals surface area contributed by atoms with Crippen LogP contribution in [-0.2, 0) is 12.1 Å². The minimum atomic E-state index is -0.750. The number of pyridine rings is 1. The highest BCUT2D eigenvalue weighted by molar-refractivity contribution is 5.20. The molecule has 3 heterocycles. The van der Waals surface area contributed by atoms with Crippen molar-refractivity contribution in [2.75, 3.05) is 0 Å². The van der Waals surface area contributed by atoms with Crippen LogP contribution in [0, 0.1) is 0 Å². The van der Waals surface area contributed by atoms with Gasteiger partial charge in [-0.25, -0.2) is 0 Å². The summed E-state index contributed by atoms with van der Waals surface area (Å²) in [6.45, 7) is 0.995. The summed E-state index contributed by atoms with van der Waals surface area (Å²) in [5.41, 5.74) is 1.45. The zero-order valence-electron chi connectivity index (χ0n) is 12.7. The van der Waals surface area contributed by atoms with Gasteiger partial charge in [-0.2, -0.15) is 0 Å². The van der Waals surface area contributed by atoms with Crippen LogP contribution in [0.3, 0.4) is 0 Å². The van der Waals surface area contributed by atoms with Crippen LogP contribution in [0.1, 0.15) is 36.9 Å². The van der Waals surface area contributed by atoms with E-state index < -0.39 is 5.60 Å². The lowest BCUT2D eigenvalue weighted by Gasteiger charge is -2.43. The monoisotopic (exact) mass is 294 g/mol. The Morgan fingerprint density at radius 1 is 1.00 bits per heavy atom. The molecule has 2 aliphatic heterocycles. The van der Waals surface area contributed by atoms with Gasteiger partial charge in [0.1, 0.15) is 5.60 Å². The van der Waals surface area contributed by atoms with E-state index in [0.717, 1.165) is 25.1 Å². The van der Waals surface area contributed by atoms with Crippen molar-refractivity contribution in [1.82, 2.24) is 9.88 Å². The van der Waals surface area contributed by atoms with Crippen molar-refractivity contribution in [3.05, 3.63) is 66.0 Å². The van der Waals surface area contributed by atoms with Gasteiger partial charge < -0.3 is 5.11 Å². The summed E-state index contributed by atoms with van der Waals surface area (Å²) in [6, 6.07) is 17.4. The fourth-order valence-electron chi connectivity index (χ4n) is 4.22. The molecule has 1 N–H and O–H groups in total. The number of benzene rings is 1. The van der Waals surface area contributed by atoms with E-state index in [1.807, 2.05) is 18.2 Å². The molecule has 0 amide bonds. The van der Waals surface area contributed by atoms with E-state index >= 15 is 0 Å². The van der Waals surface area contributed by atoms with E-state index in [4.69, 9.17) is 0 Å². The van der Waals surface area contributed by atoms with Crippen molar-refractivity contribution in [3.63, 3.8) is 0 Å². The van der Waals surface area contributed by atoms with Crippen molar-refractivity contribution in [2.45, 2.75) is 49.9 Å². The molecule has 2 fully saturated rings. The van der Waals surface area contributed by atoms with Crippen LogP contribution in [0.4, 0.5) is 0 Å². The lowest BCUT2D eigenvalue weighted by Crippen LogP contribution is -2.49. The first-order valence-electron chi connectivity index (χ1n) is 8.18. The number of aliphatic hydroxyl groups is 1. The average molecular weight is 294 g/mol.